The maximum absolute atomic E-state index is 12.5. The molecule has 0 heterocycles. The Bertz CT molecular complexity index is 1000. The summed E-state index contributed by atoms with van der Waals surface area (Å²) in [4.78, 5) is 12.5. The Morgan fingerprint density at radius 2 is 1.86 bits per heavy atom. The average Bonchev–Trinajstić information content (AvgIpc) is 2.75. The van der Waals surface area contributed by atoms with Gasteiger partial charge in [0, 0.05) is 0 Å². The smallest absolute Gasteiger partial charge is 0.281 e. The van der Waals surface area contributed by atoms with Crippen molar-refractivity contribution in [1.82, 2.24) is 5.43 Å². The molecule has 0 aromatic heterocycles. The molecule has 0 aliphatic carbocycles. The van der Waals surface area contributed by atoms with E-state index in [0.29, 0.717) is 18.8 Å². The molecule has 0 saturated heterocycles. The summed E-state index contributed by atoms with van der Waals surface area (Å²) in [6.07, 6.45) is 1.46. The molecule has 29 heavy (non-hydrogen) atoms. The zero-order valence-electron chi connectivity index (χ0n) is 16.4. The van der Waals surface area contributed by atoms with Crippen LogP contribution in [0.5, 0.6) is 11.5 Å². The predicted octanol–water partition coefficient (Wildman–Crippen LogP) is 5.31. The minimum atomic E-state index is -0.648. The van der Waals surface area contributed by atoms with Gasteiger partial charge in [-0.25, -0.2) is 5.43 Å². The molecule has 5 nitrogen and oxygen atoms in total. The number of nitrogens with zero attached hydrogens (tertiary/aromatic N) is 1. The van der Waals surface area contributed by atoms with Gasteiger partial charge in [0.25, 0.3) is 5.91 Å². The number of ether oxygens (including phenoxy) is 2. The van der Waals surface area contributed by atoms with Gasteiger partial charge in [-0.2, -0.15) is 5.10 Å². The van der Waals surface area contributed by atoms with Crippen LogP contribution >= 0.6 is 15.9 Å². The number of nitrogens with one attached hydrogen (secondary N) is 1. The number of benzene rings is 3. The molecule has 0 radical (unpaired) electrons. The highest BCUT2D eigenvalue weighted by Crippen LogP contribution is 2.33. The van der Waals surface area contributed by atoms with E-state index in [1.165, 1.54) is 0 Å². The summed E-state index contributed by atoms with van der Waals surface area (Å²) in [6.45, 7) is 4.46. The van der Waals surface area contributed by atoms with Crippen LogP contribution in [0.4, 0.5) is 0 Å². The number of fused-ring (bicyclic) bond motifs is 1. The zero-order chi connectivity index (χ0) is 20.6. The Morgan fingerprint density at radius 1 is 1.10 bits per heavy atom. The molecule has 0 bridgehead atoms. The van der Waals surface area contributed by atoms with Gasteiger partial charge in [0.05, 0.1) is 17.3 Å². The maximum Gasteiger partial charge on any atom is 0.281 e. The number of halogens is 1. The van der Waals surface area contributed by atoms with E-state index in [0.717, 1.165) is 26.6 Å². The first-order chi connectivity index (χ1) is 14.1. The molecule has 1 N–H and O–H groups in total. The van der Waals surface area contributed by atoms with Crippen LogP contribution in [0.1, 0.15) is 25.8 Å². The van der Waals surface area contributed by atoms with Gasteiger partial charge in [0.2, 0.25) is 0 Å². The molecule has 0 unspecified atom stereocenters. The van der Waals surface area contributed by atoms with Crippen LogP contribution in [0.3, 0.4) is 0 Å². The Balaban J connectivity index is 1.64. The number of rotatable bonds is 8. The summed E-state index contributed by atoms with van der Waals surface area (Å²) >= 11 is 3.59. The zero-order valence-corrected chi connectivity index (χ0v) is 18.0. The van der Waals surface area contributed by atoms with Gasteiger partial charge < -0.3 is 9.47 Å². The highest BCUT2D eigenvalue weighted by molar-refractivity contribution is 9.10. The third-order valence-corrected chi connectivity index (χ3v) is 5.16. The number of hydrazone groups is 1. The molecule has 0 aliphatic rings. The fourth-order valence-electron chi connectivity index (χ4n) is 2.84. The highest BCUT2D eigenvalue weighted by Gasteiger charge is 2.19. The number of hydrogen-bond donors (Lipinski definition) is 1. The van der Waals surface area contributed by atoms with E-state index >= 15 is 0 Å². The third kappa shape index (κ3) is 5.35. The Kier molecular flexibility index (Phi) is 7.25. The van der Waals surface area contributed by atoms with Crippen molar-refractivity contribution in [3.8, 4) is 11.5 Å². The van der Waals surface area contributed by atoms with Crippen LogP contribution in [0, 0.1) is 0 Å². The topological polar surface area (TPSA) is 59.9 Å². The molecule has 0 fully saturated rings. The fourth-order valence-corrected chi connectivity index (χ4v) is 3.43. The summed E-state index contributed by atoms with van der Waals surface area (Å²) in [5.74, 6) is 1.13. The van der Waals surface area contributed by atoms with Crippen LogP contribution in [0.15, 0.2) is 70.2 Å². The standard InChI is InChI=1S/C23H23BrN2O3/c1-3-20(29-21-14-11-17-7-5-6-8-19(17)22(21)24)23(27)26-25-15-16-9-12-18(13-10-16)28-4-2/h5-15,20H,3-4H2,1-2H3,(H,26,27)/b25-15-/t20-/m1/s1. The second-order valence-electron chi connectivity index (χ2n) is 6.35. The molecule has 1 atom stereocenters. The van der Waals surface area contributed by atoms with Crippen LogP contribution in [0.25, 0.3) is 10.8 Å². The summed E-state index contributed by atoms with van der Waals surface area (Å²) in [5.41, 5.74) is 3.42. The lowest BCUT2D eigenvalue weighted by Gasteiger charge is -2.17. The first-order valence-corrected chi connectivity index (χ1v) is 10.3. The molecule has 6 heteroatoms. The monoisotopic (exact) mass is 454 g/mol. The van der Waals surface area contributed by atoms with Crippen molar-refractivity contribution in [2.45, 2.75) is 26.4 Å². The molecule has 3 aromatic carbocycles. The van der Waals surface area contributed by atoms with E-state index in [-0.39, 0.29) is 5.91 Å². The Morgan fingerprint density at radius 3 is 2.59 bits per heavy atom. The first kappa shape index (κ1) is 20.9. The number of carbonyl (C=O) groups is 1. The summed E-state index contributed by atoms with van der Waals surface area (Å²) in [5, 5.41) is 6.18. The predicted molar refractivity (Wildman–Crippen MR) is 120 cm³/mol. The third-order valence-electron chi connectivity index (χ3n) is 4.34. The van der Waals surface area contributed by atoms with Crippen molar-refractivity contribution >= 4 is 38.8 Å². The van der Waals surface area contributed by atoms with Crippen molar-refractivity contribution in [3.63, 3.8) is 0 Å². The van der Waals surface area contributed by atoms with Crippen molar-refractivity contribution < 1.29 is 14.3 Å². The van der Waals surface area contributed by atoms with E-state index < -0.39 is 6.10 Å². The van der Waals surface area contributed by atoms with E-state index in [2.05, 4.69) is 26.5 Å². The summed E-state index contributed by atoms with van der Waals surface area (Å²) < 4.78 is 12.2. The SMILES string of the molecule is CCOc1ccc(/C=N\NC(=O)[C@@H](CC)Oc2ccc3ccccc3c2Br)cc1. The maximum atomic E-state index is 12.5. The minimum absolute atomic E-state index is 0.297. The van der Waals surface area contributed by atoms with Gasteiger partial charge in [0.15, 0.2) is 6.10 Å². The lowest BCUT2D eigenvalue weighted by Crippen LogP contribution is -2.35. The van der Waals surface area contributed by atoms with Crippen LogP contribution in [-0.2, 0) is 4.79 Å². The van der Waals surface area contributed by atoms with Gasteiger partial charge in [-0.3, -0.25) is 4.79 Å². The molecule has 3 rings (SSSR count). The first-order valence-electron chi connectivity index (χ1n) is 9.52. The lowest BCUT2D eigenvalue weighted by atomic mass is 10.1. The molecular weight excluding hydrogens is 432 g/mol. The Hall–Kier alpha value is -2.86. The minimum Gasteiger partial charge on any atom is -0.494 e. The van der Waals surface area contributed by atoms with Crippen LogP contribution < -0.4 is 14.9 Å². The van der Waals surface area contributed by atoms with Gasteiger partial charge in [-0.1, -0.05) is 37.3 Å². The summed E-state index contributed by atoms with van der Waals surface area (Å²) in [7, 11) is 0. The number of carbonyl (C=O) groups excluding carboxylic acids is 1. The second kappa shape index (κ2) is 10.1. The van der Waals surface area contributed by atoms with Gasteiger partial charge in [-0.05, 0) is 75.9 Å². The molecular formula is C23H23BrN2O3. The molecule has 0 aliphatic heterocycles. The molecule has 1 amide bonds. The fraction of sp³-hybridized carbons (Fsp3) is 0.217. The molecule has 150 valence electrons. The van der Waals surface area contributed by atoms with E-state index in [4.69, 9.17) is 9.47 Å². The highest BCUT2D eigenvalue weighted by atomic mass is 79.9. The van der Waals surface area contributed by atoms with Crippen LogP contribution in [-0.4, -0.2) is 24.8 Å². The number of amides is 1. The summed E-state index contributed by atoms with van der Waals surface area (Å²) in [6, 6.07) is 19.3. The van der Waals surface area contributed by atoms with Crippen molar-refractivity contribution in [1.29, 1.82) is 0 Å². The van der Waals surface area contributed by atoms with Gasteiger partial charge in [-0.15, -0.1) is 0 Å². The van der Waals surface area contributed by atoms with Gasteiger partial charge in [0.1, 0.15) is 11.5 Å². The number of hydrogen-bond acceptors (Lipinski definition) is 4. The van der Waals surface area contributed by atoms with E-state index in [1.54, 1.807) is 6.21 Å². The van der Waals surface area contributed by atoms with Gasteiger partial charge >= 0.3 is 0 Å². The van der Waals surface area contributed by atoms with Crippen molar-refractivity contribution in [3.05, 3.63) is 70.7 Å². The van der Waals surface area contributed by atoms with E-state index in [1.807, 2.05) is 74.5 Å². The lowest BCUT2D eigenvalue weighted by molar-refractivity contribution is -0.128. The largest absolute Gasteiger partial charge is 0.494 e. The van der Waals surface area contributed by atoms with Crippen molar-refractivity contribution in [2.75, 3.05) is 6.61 Å². The Labute approximate surface area is 178 Å². The van der Waals surface area contributed by atoms with E-state index in [9.17, 15) is 4.79 Å². The van der Waals surface area contributed by atoms with Crippen LogP contribution in [0.2, 0.25) is 0 Å². The second-order valence-corrected chi connectivity index (χ2v) is 7.14. The quantitative estimate of drug-likeness (QED) is 0.370. The normalized spacial score (nSPS) is 12.1. The average molecular weight is 455 g/mol. The molecule has 0 spiro atoms. The molecule has 0 saturated carbocycles. The van der Waals surface area contributed by atoms with Crippen molar-refractivity contribution in [2.24, 2.45) is 5.10 Å². The molecule has 3 aromatic rings.